The molecule has 1 saturated heterocycles. The highest BCUT2D eigenvalue weighted by Crippen LogP contribution is 2.22. The first-order chi connectivity index (χ1) is 15.3. The average Bonchev–Trinajstić information content (AvgIpc) is 2.77. The summed E-state index contributed by atoms with van der Waals surface area (Å²) >= 11 is 0. The van der Waals surface area contributed by atoms with Gasteiger partial charge in [0.05, 0.1) is 19.3 Å². The Morgan fingerprint density at radius 3 is 1.78 bits per heavy atom. The van der Waals surface area contributed by atoms with Gasteiger partial charge in [-0.3, -0.25) is 0 Å². The lowest BCUT2D eigenvalue weighted by Gasteiger charge is -2.39. The number of aliphatic carboxylic acids is 1. The van der Waals surface area contributed by atoms with Crippen LogP contribution in [0.15, 0.2) is 0 Å². The molecule has 0 amide bonds. The third-order valence-corrected chi connectivity index (χ3v) is 5.85. The van der Waals surface area contributed by atoms with Crippen molar-refractivity contribution in [1.29, 1.82) is 0 Å². The minimum absolute atomic E-state index is 0.0772. The van der Waals surface area contributed by atoms with Crippen LogP contribution in [0.3, 0.4) is 0 Å². The molecule has 0 spiro atoms. The van der Waals surface area contributed by atoms with Gasteiger partial charge in [-0.25, -0.2) is 4.79 Å². The Hall–Kier alpha value is -0.850. The van der Waals surface area contributed by atoms with Crippen LogP contribution in [0.5, 0.6) is 0 Å². The van der Waals surface area contributed by atoms with Gasteiger partial charge in [0.15, 0.2) is 12.4 Å². The van der Waals surface area contributed by atoms with Gasteiger partial charge < -0.3 is 45.2 Å². The number of unbranched alkanes of at least 4 members (excludes halogenated alkanes) is 9. The topological polar surface area (TPSA) is 177 Å². The van der Waals surface area contributed by atoms with Crippen molar-refractivity contribution in [2.24, 2.45) is 0 Å². The second kappa shape index (κ2) is 16.7. The molecule has 32 heavy (non-hydrogen) atoms. The Kier molecular flexibility index (Phi) is 15.2. The zero-order valence-corrected chi connectivity index (χ0v) is 18.8. The average molecular weight is 467 g/mol. The first-order valence-electron chi connectivity index (χ1n) is 11.8. The van der Waals surface area contributed by atoms with E-state index in [1.165, 1.54) is 0 Å². The highest BCUT2D eigenvalue weighted by atomic mass is 16.7. The molecule has 10 nitrogen and oxygen atoms in total. The zero-order valence-electron chi connectivity index (χ0n) is 18.8. The van der Waals surface area contributed by atoms with Gasteiger partial charge in [-0.15, -0.1) is 0 Å². The number of rotatable bonds is 18. The number of aliphatic hydroxyl groups excluding tert-OH is 6. The first kappa shape index (κ1) is 29.2. The fourth-order valence-electron chi connectivity index (χ4n) is 3.75. The largest absolute Gasteiger partial charge is 0.479 e. The smallest absolute Gasteiger partial charge is 0.332 e. The van der Waals surface area contributed by atoms with Crippen molar-refractivity contribution < 1.29 is 50.0 Å². The molecule has 1 aliphatic rings. The molecule has 7 atom stereocenters. The summed E-state index contributed by atoms with van der Waals surface area (Å²) in [6, 6.07) is 0. The Morgan fingerprint density at radius 1 is 0.781 bits per heavy atom. The van der Waals surface area contributed by atoms with Crippen LogP contribution in [0.4, 0.5) is 0 Å². The van der Waals surface area contributed by atoms with Gasteiger partial charge in [0.2, 0.25) is 0 Å². The van der Waals surface area contributed by atoms with E-state index in [0.717, 1.165) is 64.2 Å². The molecule has 10 heteroatoms. The van der Waals surface area contributed by atoms with E-state index in [9.17, 15) is 30.3 Å². The molecule has 7 unspecified atom stereocenters. The molecule has 1 heterocycles. The summed E-state index contributed by atoms with van der Waals surface area (Å²) in [5, 5.41) is 66.3. The predicted octanol–water partition coefficient (Wildman–Crippen LogP) is 0.290. The minimum Gasteiger partial charge on any atom is -0.479 e. The van der Waals surface area contributed by atoms with E-state index in [1.807, 2.05) is 0 Å². The summed E-state index contributed by atoms with van der Waals surface area (Å²) in [6.45, 7) is -0.601. The third kappa shape index (κ3) is 11.3. The van der Waals surface area contributed by atoms with Crippen LogP contribution in [-0.2, 0) is 14.3 Å². The maximum absolute atomic E-state index is 10.5. The molecular weight excluding hydrogens is 424 g/mol. The molecule has 0 aliphatic carbocycles. The Labute approximate surface area is 189 Å². The van der Waals surface area contributed by atoms with Gasteiger partial charge in [-0.05, 0) is 12.8 Å². The van der Waals surface area contributed by atoms with Crippen molar-refractivity contribution in [1.82, 2.24) is 0 Å². The van der Waals surface area contributed by atoms with Crippen LogP contribution in [0.1, 0.15) is 77.0 Å². The molecule has 0 aromatic carbocycles. The highest BCUT2D eigenvalue weighted by Gasteiger charge is 2.44. The van der Waals surface area contributed by atoms with Crippen LogP contribution in [0, 0.1) is 0 Å². The number of carboxylic acid groups (broad SMARTS) is 1. The summed E-state index contributed by atoms with van der Waals surface area (Å²) in [7, 11) is 0. The van der Waals surface area contributed by atoms with Gasteiger partial charge in [0.25, 0.3) is 0 Å². The lowest BCUT2D eigenvalue weighted by Crippen LogP contribution is -2.59. The Balaban J connectivity index is 1.96. The Morgan fingerprint density at radius 2 is 1.28 bits per heavy atom. The molecular formula is C22H42O10. The Bertz CT molecular complexity index is 489. The van der Waals surface area contributed by atoms with Crippen molar-refractivity contribution >= 4 is 5.97 Å². The molecule has 0 aromatic rings. The van der Waals surface area contributed by atoms with E-state index < -0.39 is 55.5 Å². The quantitative estimate of drug-likeness (QED) is 0.139. The number of ether oxygens (including phenoxy) is 2. The van der Waals surface area contributed by atoms with Crippen molar-refractivity contribution in [3.05, 3.63) is 0 Å². The molecule has 0 saturated carbocycles. The molecule has 190 valence electrons. The second-order valence-corrected chi connectivity index (χ2v) is 8.65. The summed E-state index contributed by atoms with van der Waals surface area (Å²) in [4.78, 5) is 10.5. The lowest BCUT2D eigenvalue weighted by molar-refractivity contribution is -0.304. The molecule has 0 aromatic heterocycles. The fraction of sp³-hybridized carbons (Fsp3) is 0.955. The number of hydrogen-bond donors (Lipinski definition) is 7. The van der Waals surface area contributed by atoms with Crippen LogP contribution in [0.25, 0.3) is 0 Å². The van der Waals surface area contributed by atoms with E-state index in [-0.39, 0.29) is 6.61 Å². The fourth-order valence-corrected chi connectivity index (χ4v) is 3.75. The normalized spacial score (nSPS) is 27.9. The minimum atomic E-state index is -1.49. The van der Waals surface area contributed by atoms with Crippen molar-refractivity contribution in [3.8, 4) is 0 Å². The van der Waals surface area contributed by atoms with Gasteiger partial charge in [0.1, 0.15) is 24.4 Å². The standard InChI is InChI=1S/C22H42O10/c23-13-17-18(26)19(27)20(28)22(32-17)31-14-15(24)11-9-7-5-3-1-2-4-6-8-10-12-16(25)21(29)30/h15-20,22-28H,1-14H2,(H,29,30). The van der Waals surface area contributed by atoms with Gasteiger partial charge in [-0.2, -0.15) is 0 Å². The molecule has 1 aliphatic heterocycles. The van der Waals surface area contributed by atoms with Gasteiger partial charge in [0, 0.05) is 0 Å². The van der Waals surface area contributed by atoms with E-state index in [1.54, 1.807) is 0 Å². The van der Waals surface area contributed by atoms with E-state index in [4.69, 9.17) is 19.7 Å². The van der Waals surface area contributed by atoms with Crippen LogP contribution in [0.2, 0.25) is 0 Å². The summed E-state index contributed by atoms with van der Waals surface area (Å²) < 4.78 is 10.6. The van der Waals surface area contributed by atoms with Gasteiger partial charge in [-0.1, -0.05) is 64.2 Å². The van der Waals surface area contributed by atoms with Gasteiger partial charge >= 0.3 is 5.97 Å². The molecule has 0 radical (unpaired) electrons. The summed E-state index contributed by atoms with van der Waals surface area (Å²) in [5.74, 6) is -1.15. The zero-order chi connectivity index (χ0) is 23.9. The SMILES string of the molecule is O=C(O)C(O)CCCCCCCCCCCCC(O)COC1OC(CO)C(O)C(O)C1O. The monoisotopic (exact) mass is 466 g/mol. The third-order valence-electron chi connectivity index (χ3n) is 5.85. The number of hydrogen-bond acceptors (Lipinski definition) is 9. The van der Waals surface area contributed by atoms with E-state index >= 15 is 0 Å². The number of carboxylic acids is 1. The van der Waals surface area contributed by atoms with Crippen molar-refractivity contribution in [2.75, 3.05) is 13.2 Å². The number of aliphatic hydroxyl groups is 6. The molecule has 1 rings (SSSR count). The van der Waals surface area contributed by atoms with E-state index in [0.29, 0.717) is 12.8 Å². The van der Waals surface area contributed by atoms with Crippen molar-refractivity contribution in [3.63, 3.8) is 0 Å². The summed E-state index contributed by atoms with van der Waals surface area (Å²) in [6.07, 6.45) is 2.37. The summed E-state index contributed by atoms with van der Waals surface area (Å²) in [5.41, 5.74) is 0. The predicted molar refractivity (Wildman–Crippen MR) is 115 cm³/mol. The highest BCUT2D eigenvalue weighted by molar-refractivity contribution is 5.71. The van der Waals surface area contributed by atoms with E-state index in [2.05, 4.69) is 0 Å². The van der Waals surface area contributed by atoms with Crippen LogP contribution < -0.4 is 0 Å². The van der Waals surface area contributed by atoms with Crippen LogP contribution in [-0.4, -0.2) is 97.8 Å². The first-order valence-corrected chi connectivity index (χ1v) is 11.8. The molecule has 1 fully saturated rings. The molecule has 0 bridgehead atoms. The lowest BCUT2D eigenvalue weighted by atomic mass is 9.99. The maximum atomic E-state index is 10.5. The molecule has 7 N–H and O–H groups in total. The number of carbonyl (C=O) groups is 1. The second-order valence-electron chi connectivity index (χ2n) is 8.65. The maximum Gasteiger partial charge on any atom is 0.332 e. The van der Waals surface area contributed by atoms with Crippen LogP contribution >= 0.6 is 0 Å². The van der Waals surface area contributed by atoms with Crippen molar-refractivity contribution in [2.45, 2.75) is 120 Å².